The summed E-state index contributed by atoms with van der Waals surface area (Å²) in [7, 11) is -3.56. The zero-order chi connectivity index (χ0) is 15.5. The summed E-state index contributed by atoms with van der Waals surface area (Å²) in [5.74, 6) is -0.371. The zero-order valence-electron chi connectivity index (χ0n) is 12.0. The Balaban J connectivity index is 2.37. The monoisotopic (exact) mass is 312 g/mol. The van der Waals surface area contributed by atoms with E-state index in [0.717, 1.165) is 19.3 Å². The second-order valence-corrected chi connectivity index (χ2v) is 6.92. The van der Waals surface area contributed by atoms with Gasteiger partial charge in [0.1, 0.15) is 5.75 Å². The summed E-state index contributed by atoms with van der Waals surface area (Å²) in [4.78, 5) is 11.6. The molecule has 0 unspecified atom stereocenters. The van der Waals surface area contributed by atoms with E-state index in [2.05, 4.69) is 0 Å². The SMILES string of the molecule is CCCOc1ccc(S(=O)(=O)N2CCCC2)cc1C(N)=O. The number of ether oxygens (including phenoxy) is 1. The normalized spacial score (nSPS) is 16.0. The van der Waals surface area contributed by atoms with Crippen LogP contribution in [0.15, 0.2) is 23.1 Å². The smallest absolute Gasteiger partial charge is 0.252 e. The Morgan fingerprint density at radius 1 is 1.33 bits per heavy atom. The minimum absolute atomic E-state index is 0.0852. The van der Waals surface area contributed by atoms with Crippen LogP contribution < -0.4 is 10.5 Å². The van der Waals surface area contributed by atoms with Gasteiger partial charge in [0.05, 0.1) is 17.1 Å². The van der Waals surface area contributed by atoms with Crippen molar-refractivity contribution in [3.05, 3.63) is 23.8 Å². The molecule has 2 rings (SSSR count). The van der Waals surface area contributed by atoms with Gasteiger partial charge in [-0.3, -0.25) is 4.79 Å². The van der Waals surface area contributed by atoms with Crippen LogP contribution in [0, 0.1) is 0 Å². The van der Waals surface area contributed by atoms with Crippen molar-refractivity contribution in [2.45, 2.75) is 31.1 Å². The first-order valence-electron chi connectivity index (χ1n) is 7.03. The summed E-state index contributed by atoms with van der Waals surface area (Å²) in [5, 5.41) is 0. The van der Waals surface area contributed by atoms with Crippen LogP contribution in [-0.2, 0) is 10.0 Å². The van der Waals surface area contributed by atoms with E-state index in [-0.39, 0.29) is 10.5 Å². The maximum Gasteiger partial charge on any atom is 0.252 e. The molecule has 0 saturated carbocycles. The van der Waals surface area contributed by atoms with Gasteiger partial charge < -0.3 is 10.5 Å². The molecule has 6 nitrogen and oxygen atoms in total. The van der Waals surface area contributed by atoms with Gasteiger partial charge in [-0.2, -0.15) is 4.31 Å². The standard InChI is InChI=1S/C14H20N2O4S/c1-2-9-20-13-6-5-11(10-12(13)14(15)17)21(18,19)16-7-3-4-8-16/h5-6,10H,2-4,7-9H2,1H3,(H2,15,17). The number of hydrogen-bond donors (Lipinski definition) is 1. The average molecular weight is 312 g/mol. The van der Waals surface area contributed by atoms with Crippen LogP contribution in [0.25, 0.3) is 0 Å². The highest BCUT2D eigenvalue weighted by atomic mass is 32.2. The lowest BCUT2D eigenvalue weighted by Crippen LogP contribution is -2.28. The van der Waals surface area contributed by atoms with Crippen molar-refractivity contribution < 1.29 is 17.9 Å². The predicted molar refractivity (Wildman–Crippen MR) is 78.7 cm³/mol. The minimum atomic E-state index is -3.56. The molecule has 7 heteroatoms. The summed E-state index contributed by atoms with van der Waals surface area (Å²) >= 11 is 0. The fourth-order valence-corrected chi connectivity index (χ4v) is 3.82. The fourth-order valence-electron chi connectivity index (χ4n) is 2.28. The molecule has 0 radical (unpaired) electrons. The molecule has 2 N–H and O–H groups in total. The first-order valence-corrected chi connectivity index (χ1v) is 8.47. The number of nitrogens with two attached hydrogens (primary N) is 1. The quantitative estimate of drug-likeness (QED) is 0.858. The predicted octanol–water partition coefficient (Wildman–Crippen LogP) is 1.36. The summed E-state index contributed by atoms with van der Waals surface area (Å²) in [6, 6.07) is 4.27. The highest BCUT2D eigenvalue weighted by molar-refractivity contribution is 7.89. The number of carbonyl (C=O) groups excluding carboxylic acids is 1. The molecule has 1 saturated heterocycles. The van der Waals surface area contributed by atoms with Crippen molar-refractivity contribution in [1.29, 1.82) is 0 Å². The van der Waals surface area contributed by atoms with Gasteiger partial charge in [0.2, 0.25) is 10.0 Å². The number of nitrogens with zero attached hydrogens (tertiary/aromatic N) is 1. The van der Waals surface area contributed by atoms with Gasteiger partial charge in [-0.05, 0) is 37.5 Å². The van der Waals surface area contributed by atoms with E-state index in [4.69, 9.17) is 10.5 Å². The van der Waals surface area contributed by atoms with Crippen LogP contribution in [0.4, 0.5) is 0 Å². The Labute approximate surface area is 124 Å². The maximum atomic E-state index is 12.5. The van der Waals surface area contributed by atoms with Gasteiger partial charge >= 0.3 is 0 Å². The van der Waals surface area contributed by atoms with E-state index in [1.165, 1.54) is 22.5 Å². The van der Waals surface area contributed by atoms with E-state index in [0.29, 0.717) is 25.4 Å². The Bertz CT molecular complexity index is 622. The lowest BCUT2D eigenvalue weighted by atomic mass is 10.2. The maximum absolute atomic E-state index is 12.5. The van der Waals surface area contributed by atoms with Crippen LogP contribution in [0.3, 0.4) is 0 Å². The second-order valence-electron chi connectivity index (χ2n) is 4.98. The van der Waals surface area contributed by atoms with Crippen molar-refractivity contribution >= 4 is 15.9 Å². The summed E-state index contributed by atoms with van der Waals surface area (Å²) in [5.41, 5.74) is 5.43. The zero-order valence-corrected chi connectivity index (χ0v) is 12.9. The second kappa shape index (κ2) is 6.44. The average Bonchev–Trinajstić information content (AvgIpc) is 2.99. The number of amides is 1. The molecular formula is C14H20N2O4S. The van der Waals surface area contributed by atoms with Gasteiger partial charge in [-0.1, -0.05) is 6.92 Å². The third-order valence-corrected chi connectivity index (χ3v) is 5.28. The molecule has 0 spiro atoms. The molecule has 1 heterocycles. The highest BCUT2D eigenvalue weighted by Crippen LogP contribution is 2.26. The van der Waals surface area contributed by atoms with Gasteiger partial charge in [0.25, 0.3) is 5.91 Å². The fraction of sp³-hybridized carbons (Fsp3) is 0.500. The number of benzene rings is 1. The largest absolute Gasteiger partial charge is 0.493 e. The molecule has 0 bridgehead atoms. The first-order chi connectivity index (χ1) is 9.96. The van der Waals surface area contributed by atoms with Gasteiger partial charge in [0, 0.05) is 13.1 Å². The van der Waals surface area contributed by atoms with Crippen molar-refractivity contribution in [3.63, 3.8) is 0 Å². The molecule has 1 aliphatic heterocycles. The third-order valence-electron chi connectivity index (χ3n) is 3.38. The number of rotatable bonds is 6. The van der Waals surface area contributed by atoms with E-state index in [1.807, 2.05) is 6.92 Å². The van der Waals surface area contributed by atoms with Crippen molar-refractivity contribution in [2.24, 2.45) is 5.73 Å². The van der Waals surface area contributed by atoms with Crippen molar-refractivity contribution in [1.82, 2.24) is 4.31 Å². The summed E-state index contributed by atoms with van der Waals surface area (Å²) in [6.07, 6.45) is 2.51. The molecule has 0 aliphatic carbocycles. The topological polar surface area (TPSA) is 89.7 Å². The molecule has 1 amide bonds. The van der Waals surface area contributed by atoms with E-state index in [9.17, 15) is 13.2 Å². The van der Waals surface area contributed by atoms with Crippen LogP contribution in [0.5, 0.6) is 5.75 Å². The third kappa shape index (κ3) is 3.36. The number of primary amides is 1. The van der Waals surface area contributed by atoms with Crippen molar-refractivity contribution in [3.8, 4) is 5.75 Å². The summed E-state index contributed by atoms with van der Waals surface area (Å²) < 4.78 is 31.8. The van der Waals surface area contributed by atoms with Gasteiger partial charge in [-0.15, -0.1) is 0 Å². The number of carbonyl (C=O) groups is 1. The Morgan fingerprint density at radius 2 is 2.00 bits per heavy atom. The Kier molecular flexibility index (Phi) is 4.84. The van der Waals surface area contributed by atoms with Gasteiger partial charge in [-0.25, -0.2) is 8.42 Å². The lowest BCUT2D eigenvalue weighted by Gasteiger charge is -2.17. The molecule has 1 aromatic rings. The molecule has 0 aromatic heterocycles. The van der Waals surface area contributed by atoms with Crippen molar-refractivity contribution in [2.75, 3.05) is 19.7 Å². The number of hydrogen-bond acceptors (Lipinski definition) is 4. The molecule has 0 atom stereocenters. The van der Waals surface area contributed by atoms with Crippen LogP contribution in [-0.4, -0.2) is 38.3 Å². The molecule has 1 fully saturated rings. The Hall–Kier alpha value is -1.60. The lowest BCUT2D eigenvalue weighted by molar-refractivity contribution is 0.0996. The van der Waals surface area contributed by atoms with Crippen LogP contribution in [0.2, 0.25) is 0 Å². The molecule has 21 heavy (non-hydrogen) atoms. The summed E-state index contributed by atoms with van der Waals surface area (Å²) in [6.45, 7) is 3.42. The minimum Gasteiger partial charge on any atom is -0.493 e. The van der Waals surface area contributed by atoms with Crippen LogP contribution in [0.1, 0.15) is 36.5 Å². The van der Waals surface area contributed by atoms with Crippen LogP contribution >= 0.6 is 0 Å². The highest BCUT2D eigenvalue weighted by Gasteiger charge is 2.28. The molecular weight excluding hydrogens is 292 g/mol. The molecule has 1 aromatic carbocycles. The van der Waals surface area contributed by atoms with E-state index >= 15 is 0 Å². The molecule has 116 valence electrons. The first kappa shape index (κ1) is 15.8. The van der Waals surface area contributed by atoms with Gasteiger partial charge in [0.15, 0.2) is 0 Å². The number of sulfonamides is 1. The Morgan fingerprint density at radius 3 is 2.57 bits per heavy atom. The van der Waals surface area contributed by atoms with E-state index < -0.39 is 15.9 Å². The molecule has 1 aliphatic rings. The van der Waals surface area contributed by atoms with E-state index in [1.54, 1.807) is 0 Å².